The monoisotopic (exact) mass is 211 g/mol. The zero-order valence-corrected chi connectivity index (χ0v) is 8.26. The second-order valence-electron chi connectivity index (χ2n) is 3.01. The Bertz CT molecular complexity index is 388. The zero-order valence-electron chi connectivity index (χ0n) is 8.26. The van der Waals surface area contributed by atoms with Crippen molar-refractivity contribution in [3.63, 3.8) is 0 Å². The van der Waals surface area contributed by atoms with Crippen molar-refractivity contribution in [3.05, 3.63) is 41.5 Å². The second kappa shape index (κ2) is 5.24. The maximum Gasteiger partial charge on any atom is 0.217 e. The highest BCUT2D eigenvalue weighted by molar-refractivity contribution is 5.73. The van der Waals surface area contributed by atoms with E-state index in [0.29, 0.717) is 12.1 Å². The molecule has 0 radical (unpaired) electrons. The summed E-state index contributed by atoms with van der Waals surface area (Å²) in [5.74, 6) is -1.88. The van der Waals surface area contributed by atoms with Gasteiger partial charge < -0.3 is 5.32 Å². The van der Waals surface area contributed by atoms with E-state index in [-0.39, 0.29) is 5.91 Å². The second-order valence-corrected chi connectivity index (χ2v) is 3.01. The Morgan fingerprint density at radius 3 is 2.73 bits per heavy atom. The molecule has 0 unspecified atom stereocenters. The lowest BCUT2D eigenvalue weighted by Gasteiger charge is -1.96. The molecule has 1 N–H and O–H groups in total. The Hall–Kier alpha value is -1.71. The number of hydrogen-bond acceptors (Lipinski definition) is 1. The predicted octanol–water partition coefficient (Wildman–Crippen LogP) is 2.11. The maximum atomic E-state index is 12.7. The molecule has 4 heteroatoms. The number of amides is 1. The minimum Gasteiger partial charge on any atom is -0.353 e. The molecule has 1 aromatic rings. The molecule has 1 amide bonds. The molecule has 1 rings (SSSR count). The number of carbonyl (C=O) groups excluding carboxylic acids is 1. The van der Waals surface area contributed by atoms with Crippen LogP contribution >= 0.6 is 0 Å². The lowest BCUT2D eigenvalue weighted by molar-refractivity contribution is -0.118. The van der Waals surface area contributed by atoms with Crippen LogP contribution in [-0.4, -0.2) is 12.5 Å². The first-order valence-electron chi connectivity index (χ1n) is 4.45. The average molecular weight is 211 g/mol. The van der Waals surface area contributed by atoms with Gasteiger partial charge in [0.15, 0.2) is 11.6 Å². The summed E-state index contributed by atoms with van der Waals surface area (Å²) in [6.07, 6.45) is 3.27. The average Bonchev–Trinajstić information content (AvgIpc) is 2.18. The van der Waals surface area contributed by atoms with Gasteiger partial charge in [0.2, 0.25) is 5.91 Å². The number of rotatable bonds is 3. The summed E-state index contributed by atoms with van der Waals surface area (Å²) in [7, 11) is 0. The van der Waals surface area contributed by atoms with Crippen molar-refractivity contribution in [2.45, 2.75) is 6.92 Å². The van der Waals surface area contributed by atoms with Crippen LogP contribution in [0.1, 0.15) is 12.5 Å². The third-order valence-corrected chi connectivity index (χ3v) is 1.72. The third-order valence-electron chi connectivity index (χ3n) is 1.72. The van der Waals surface area contributed by atoms with Crippen molar-refractivity contribution in [2.75, 3.05) is 6.54 Å². The predicted molar refractivity (Wildman–Crippen MR) is 54.1 cm³/mol. The van der Waals surface area contributed by atoms with Crippen LogP contribution in [0.4, 0.5) is 8.78 Å². The van der Waals surface area contributed by atoms with Crippen LogP contribution in [0.25, 0.3) is 6.08 Å². The Kier molecular flexibility index (Phi) is 3.97. The minimum absolute atomic E-state index is 0.134. The number of hydrogen-bond donors (Lipinski definition) is 1. The molecule has 0 aromatic heterocycles. The topological polar surface area (TPSA) is 29.1 Å². The Labute approximate surface area is 86.6 Å². The molecule has 15 heavy (non-hydrogen) atoms. The maximum absolute atomic E-state index is 12.7. The molecule has 2 nitrogen and oxygen atoms in total. The molecule has 0 atom stereocenters. The van der Waals surface area contributed by atoms with Gasteiger partial charge in [-0.05, 0) is 17.7 Å². The fourth-order valence-corrected chi connectivity index (χ4v) is 1.01. The summed E-state index contributed by atoms with van der Waals surface area (Å²) in [6, 6.07) is 3.62. The first kappa shape index (κ1) is 11.4. The molecule has 1 aromatic carbocycles. The molecule has 0 heterocycles. The van der Waals surface area contributed by atoms with E-state index in [9.17, 15) is 13.6 Å². The van der Waals surface area contributed by atoms with Crippen molar-refractivity contribution in [1.82, 2.24) is 5.32 Å². The molecule has 0 saturated carbocycles. The van der Waals surface area contributed by atoms with Gasteiger partial charge in [-0.1, -0.05) is 18.2 Å². The van der Waals surface area contributed by atoms with Crippen LogP contribution in [0, 0.1) is 11.6 Å². The van der Waals surface area contributed by atoms with Gasteiger partial charge in [0, 0.05) is 13.5 Å². The van der Waals surface area contributed by atoms with Gasteiger partial charge in [0.25, 0.3) is 0 Å². The van der Waals surface area contributed by atoms with E-state index in [1.807, 2.05) is 0 Å². The highest BCUT2D eigenvalue weighted by Gasteiger charge is 1.99. The van der Waals surface area contributed by atoms with Crippen LogP contribution in [0.2, 0.25) is 0 Å². The van der Waals surface area contributed by atoms with Gasteiger partial charge in [-0.25, -0.2) is 8.78 Å². The van der Waals surface area contributed by atoms with Gasteiger partial charge in [-0.3, -0.25) is 4.79 Å². The van der Waals surface area contributed by atoms with E-state index in [1.165, 1.54) is 13.0 Å². The fraction of sp³-hybridized carbons (Fsp3) is 0.182. The molecule has 0 bridgehead atoms. The summed E-state index contributed by atoms with van der Waals surface area (Å²) >= 11 is 0. The van der Waals surface area contributed by atoms with Crippen molar-refractivity contribution >= 4 is 12.0 Å². The SMILES string of the molecule is CC(=O)NCC=Cc1ccc(F)c(F)c1. The number of halogens is 2. The first-order chi connectivity index (χ1) is 7.09. The van der Waals surface area contributed by atoms with Gasteiger partial charge in [-0.15, -0.1) is 0 Å². The largest absolute Gasteiger partial charge is 0.353 e. The standard InChI is InChI=1S/C11H11F2NO/c1-8(15)14-6-2-3-9-4-5-10(12)11(13)7-9/h2-5,7H,6H2,1H3,(H,14,15). The summed E-state index contributed by atoms with van der Waals surface area (Å²) in [4.78, 5) is 10.5. The van der Waals surface area contributed by atoms with Gasteiger partial charge in [-0.2, -0.15) is 0 Å². The lowest BCUT2D eigenvalue weighted by atomic mass is 10.2. The first-order valence-corrected chi connectivity index (χ1v) is 4.45. The number of nitrogens with one attached hydrogen (secondary N) is 1. The summed E-state index contributed by atoms with van der Waals surface area (Å²) < 4.78 is 25.3. The summed E-state index contributed by atoms with van der Waals surface area (Å²) in [5.41, 5.74) is 0.555. The van der Waals surface area contributed by atoms with Gasteiger partial charge in [0.1, 0.15) is 0 Å². The minimum atomic E-state index is -0.878. The number of benzene rings is 1. The van der Waals surface area contributed by atoms with E-state index >= 15 is 0 Å². The molecule has 0 aliphatic heterocycles. The van der Waals surface area contributed by atoms with Crippen LogP contribution in [0.15, 0.2) is 24.3 Å². The van der Waals surface area contributed by atoms with Crippen molar-refractivity contribution < 1.29 is 13.6 Å². The van der Waals surface area contributed by atoms with Crippen LogP contribution < -0.4 is 5.32 Å². The van der Waals surface area contributed by atoms with Crippen LogP contribution in [-0.2, 0) is 4.79 Å². The third kappa shape index (κ3) is 3.89. The fourth-order valence-electron chi connectivity index (χ4n) is 1.01. The Balaban J connectivity index is 2.57. The quantitative estimate of drug-likeness (QED) is 0.815. The van der Waals surface area contributed by atoms with Gasteiger partial charge in [0.05, 0.1) is 0 Å². The van der Waals surface area contributed by atoms with E-state index in [0.717, 1.165) is 12.1 Å². The molecule has 0 fully saturated rings. The van der Waals surface area contributed by atoms with Gasteiger partial charge >= 0.3 is 0 Å². The Morgan fingerprint density at radius 1 is 1.40 bits per heavy atom. The van der Waals surface area contributed by atoms with Crippen LogP contribution in [0.3, 0.4) is 0 Å². The molecule has 80 valence electrons. The molecule has 0 aliphatic rings. The van der Waals surface area contributed by atoms with Crippen molar-refractivity contribution in [2.24, 2.45) is 0 Å². The van der Waals surface area contributed by atoms with E-state index in [1.54, 1.807) is 12.2 Å². The molecule has 0 aliphatic carbocycles. The van der Waals surface area contributed by atoms with Crippen molar-refractivity contribution in [1.29, 1.82) is 0 Å². The highest BCUT2D eigenvalue weighted by atomic mass is 19.2. The molecule has 0 spiro atoms. The molecule has 0 saturated heterocycles. The van der Waals surface area contributed by atoms with Crippen molar-refractivity contribution in [3.8, 4) is 0 Å². The summed E-state index contributed by atoms with van der Waals surface area (Å²) in [5, 5.41) is 2.55. The lowest BCUT2D eigenvalue weighted by Crippen LogP contribution is -2.19. The smallest absolute Gasteiger partial charge is 0.217 e. The van der Waals surface area contributed by atoms with E-state index < -0.39 is 11.6 Å². The zero-order chi connectivity index (χ0) is 11.3. The van der Waals surface area contributed by atoms with E-state index in [4.69, 9.17) is 0 Å². The van der Waals surface area contributed by atoms with E-state index in [2.05, 4.69) is 5.32 Å². The Morgan fingerprint density at radius 2 is 2.13 bits per heavy atom. The molecular formula is C11H11F2NO. The molecular weight excluding hydrogens is 200 g/mol. The highest BCUT2D eigenvalue weighted by Crippen LogP contribution is 2.09. The normalized spacial score (nSPS) is 10.6. The van der Waals surface area contributed by atoms with Crippen LogP contribution in [0.5, 0.6) is 0 Å². The number of carbonyl (C=O) groups is 1. The summed E-state index contributed by atoms with van der Waals surface area (Å²) in [6.45, 7) is 1.78.